The van der Waals surface area contributed by atoms with Crippen LogP contribution in [0.2, 0.25) is 5.02 Å². The molecule has 0 aliphatic rings. The molecule has 0 radical (unpaired) electrons. The Morgan fingerprint density at radius 3 is 2.29 bits per heavy atom. The van der Waals surface area contributed by atoms with Crippen molar-refractivity contribution in [2.45, 2.75) is 13.5 Å². The lowest BCUT2D eigenvalue weighted by atomic mass is 9.97. The maximum Gasteiger partial charge on any atom is 0.257 e. The molecule has 6 heteroatoms. The molecule has 4 rings (SSSR count). The number of hydrogen-bond donors (Lipinski definition) is 1. The molecule has 0 spiro atoms. The van der Waals surface area contributed by atoms with Crippen LogP contribution in [0.5, 0.6) is 0 Å². The molecule has 0 aliphatic carbocycles. The Hall–Kier alpha value is -3.70. The van der Waals surface area contributed by atoms with Gasteiger partial charge in [0.15, 0.2) is 11.6 Å². The SMILES string of the molecule is Cc1ccc(C(=O)c2ccccc2C(=O)Nc2ccn(Cc3ccc(Cl)cc3)n2)cc1. The molecule has 0 saturated heterocycles. The molecule has 4 aromatic rings. The number of nitrogens with one attached hydrogen (secondary N) is 1. The monoisotopic (exact) mass is 429 g/mol. The fraction of sp³-hybridized carbons (Fsp3) is 0.0800. The number of hydrogen-bond acceptors (Lipinski definition) is 3. The van der Waals surface area contributed by atoms with Gasteiger partial charge in [-0.2, -0.15) is 5.10 Å². The van der Waals surface area contributed by atoms with E-state index in [0.29, 0.717) is 34.1 Å². The standard InChI is InChI=1S/C25H20ClN3O2/c1-17-6-10-19(11-7-17)24(30)21-4-2-3-5-22(21)25(31)27-23-14-15-29(28-23)16-18-8-12-20(26)13-9-18/h2-15H,16H2,1H3,(H,27,28,31). The van der Waals surface area contributed by atoms with Crippen molar-refractivity contribution in [1.29, 1.82) is 0 Å². The molecule has 0 aliphatic heterocycles. The highest BCUT2D eigenvalue weighted by molar-refractivity contribution is 6.30. The van der Waals surface area contributed by atoms with E-state index in [1.165, 1.54) is 0 Å². The van der Waals surface area contributed by atoms with Gasteiger partial charge in [-0.3, -0.25) is 14.3 Å². The van der Waals surface area contributed by atoms with Gasteiger partial charge >= 0.3 is 0 Å². The van der Waals surface area contributed by atoms with Crippen molar-refractivity contribution in [2.24, 2.45) is 0 Å². The van der Waals surface area contributed by atoms with Gasteiger partial charge in [0.1, 0.15) is 0 Å². The van der Waals surface area contributed by atoms with Crippen molar-refractivity contribution in [1.82, 2.24) is 9.78 Å². The van der Waals surface area contributed by atoms with Gasteiger partial charge in [-0.1, -0.05) is 71.8 Å². The first-order valence-corrected chi connectivity index (χ1v) is 10.2. The second-order valence-electron chi connectivity index (χ2n) is 7.22. The normalized spacial score (nSPS) is 10.6. The van der Waals surface area contributed by atoms with Gasteiger partial charge in [0.25, 0.3) is 5.91 Å². The third-order valence-corrected chi connectivity index (χ3v) is 5.12. The molecular formula is C25H20ClN3O2. The summed E-state index contributed by atoms with van der Waals surface area (Å²) in [4.78, 5) is 25.9. The topological polar surface area (TPSA) is 64.0 Å². The molecule has 0 fully saturated rings. The summed E-state index contributed by atoms with van der Waals surface area (Å²) in [7, 11) is 0. The number of halogens is 1. The highest BCUT2D eigenvalue weighted by Gasteiger charge is 2.18. The van der Waals surface area contributed by atoms with Crippen LogP contribution in [0.3, 0.4) is 0 Å². The minimum Gasteiger partial charge on any atom is -0.305 e. The average molecular weight is 430 g/mol. The highest BCUT2D eigenvalue weighted by atomic mass is 35.5. The Bertz CT molecular complexity index is 1230. The highest BCUT2D eigenvalue weighted by Crippen LogP contribution is 2.17. The van der Waals surface area contributed by atoms with E-state index in [4.69, 9.17) is 11.6 Å². The van der Waals surface area contributed by atoms with Crippen molar-refractivity contribution >= 4 is 29.1 Å². The summed E-state index contributed by atoms with van der Waals surface area (Å²) in [6, 6.07) is 23.3. The predicted molar refractivity (Wildman–Crippen MR) is 122 cm³/mol. The fourth-order valence-electron chi connectivity index (χ4n) is 3.22. The second kappa shape index (κ2) is 8.98. The van der Waals surface area contributed by atoms with E-state index < -0.39 is 0 Å². The van der Waals surface area contributed by atoms with Crippen molar-refractivity contribution < 1.29 is 9.59 Å². The van der Waals surface area contributed by atoms with Crippen LogP contribution in [0.15, 0.2) is 85.1 Å². The third kappa shape index (κ3) is 4.90. The van der Waals surface area contributed by atoms with Crippen molar-refractivity contribution in [3.8, 4) is 0 Å². The number of ketones is 1. The van der Waals surface area contributed by atoms with Crippen LogP contribution in [0.25, 0.3) is 0 Å². The Morgan fingerprint density at radius 1 is 0.903 bits per heavy atom. The van der Waals surface area contributed by atoms with Crippen LogP contribution >= 0.6 is 11.6 Å². The summed E-state index contributed by atoms with van der Waals surface area (Å²) in [5.74, 6) is -0.164. The molecule has 1 N–H and O–H groups in total. The number of amides is 1. The molecule has 1 aromatic heterocycles. The van der Waals surface area contributed by atoms with E-state index in [9.17, 15) is 9.59 Å². The Kier molecular flexibility index (Phi) is 5.96. The van der Waals surface area contributed by atoms with Crippen LogP contribution in [0.1, 0.15) is 37.4 Å². The molecule has 0 atom stereocenters. The number of benzene rings is 3. The molecule has 1 amide bonds. The number of rotatable bonds is 6. The van der Waals surface area contributed by atoms with E-state index in [1.807, 2.05) is 43.3 Å². The van der Waals surface area contributed by atoms with Crippen LogP contribution in [0.4, 0.5) is 5.82 Å². The Morgan fingerprint density at radius 2 is 1.58 bits per heavy atom. The number of anilines is 1. The average Bonchev–Trinajstić information content (AvgIpc) is 3.22. The minimum atomic E-state index is -0.382. The smallest absolute Gasteiger partial charge is 0.257 e. The maximum absolute atomic E-state index is 13.0. The van der Waals surface area contributed by atoms with Gasteiger partial charge < -0.3 is 5.32 Å². The molecule has 0 bridgehead atoms. The lowest BCUT2D eigenvalue weighted by molar-refractivity contribution is 0.0996. The van der Waals surface area contributed by atoms with Gasteiger partial charge in [0.05, 0.1) is 12.1 Å². The summed E-state index contributed by atoms with van der Waals surface area (Å²) >= 11 is 5.92. The molecule has 0 unspecified atom stereocenters. The number of aryl methyl sites for hydroxylation is 1. The van der Waals surface area contributed by atoms with Crippen LogP contribution in [0, 0.1) is 6.92 Å². The zero-order valence-corrected chi connectivity index (χ0v) is 17.6. The van der Waals surface area contributed by atoms with Crippen LogP contribution in [-0.4, -0.2) is 21.5 Å². The fourth-order valence-corrected chi connectivity index (χ4v) is 3.34. The summed E-state index contributed by atoms with van der Waals surface area (Å²) in [5.41, 5.74) is 3.30. The number of carbonyl (C=O) groups excluding carboxylic acids is 2. The first kappa shape index (κ1) is 20.6. The largest absolute Gasteiger partial charge is 0.305 e. The molecule has 1 heterocycles. The van der Waals surface area contributed by atoms with E-state index >= 15 is 0 Å². The Balaban J connectivity index is 1.50. The number of nitrogens with zero attached hydrogens (tertiary/aromatic N) is 2. The maximum atomic E-state index is 13.0. The molecular weight excluding hydrogens is 410 g/mol. The van der Waals surface area contributed by atoms with Gasteiger partial charge in [-0.15, -0.1) is 0 Å². The van der Waals surface area contributed by atoms with E-state index in [2.05, 4.69) is 10.4 Å². The summed E-state index contributed by atoms with van der Waals surface area (Å²) in [5, 5.41) is 7.86. The van der Waals surface area contributed by atoms with Crippen molar-refractivity contribution in [3.05, 3.63) is 118 Å². The van der Waals surface area contributed by atoms with E-state index in [-0.39, 0.29) is 11.7 Å². The summed E-state index contributed by atoms with van der Waals surface area (Å²) in [6.07, 6.45) is 1.79. The van der Waals surface area contributed by atoms with E-state index in [1.54, 1.807) is 53.3 Å². The zero-order valence-electron chi connectivity index (χ0n) is 16.9. The molecule has 31 heavy (non-hydrogen) atoms. The minimum absolute atomic E-state index is 0.195. The third-order valence-electron chi connectivity index (χ3n) is 4.87. The van der Waals surface area contributed by atoms with Gasteiger partial charge in [0, 0.05) is 28.4 Å². The lowest BCUT2D eigenvalue weighted by Crippen LogP contribution is -2.17. The quantitative estimate of drug-likeness (QED) is 0.419. The molecule has 3 aromatic carbocycles. The first-order chi connectivity index (χ1) is 15.0. The Labute approximate surface area is 185 Å². The predicted octanol–water partition coefficient (Wildman–Crippen LogP) is 5.38. The summed E-state index contributed by atoms with van der Waals surface area (Å²) < 4.78 is 1.72. The van der Waals surface area contributed by atoms with E-state index in [0.717, 1.165) is 11.1 Å². The van der Waals surface area contributed by atoms with Gasteiger partial charge in [-0.25, -0.2) is 0 Å². The summed E-state index contributed by atoms with van der Waals surface area (Å²) in [6.45, 7) is 2.51. The molecule has 5 nitrogen and oxygen atoms in total. The zero-order chi connectivity index (χ0) is 21.8. The first-order valence-electron chi connectivity index (χ1n) is 9.79. The second-order valence-corrected chi connectivity index (χ2v) is 7.66. The van der Waals surface area contributed by atoms with Crippen molar-refractivity contribution in [3.63, 3.8) is 0 Å². The lowest BCUT2D eigenvalue weighted by Gasteiger charge is -2.09. The molecule has 0 saturated carbocycles. The van der Waals surface area contributed by atoms with Crippen LogP contribution < -0.4 is 5.32 Å². The molecule has 154 valence electrons. The van der Waals surface area contributed by atoms with Crippen LogP contribution in [-0.2, 0) is 6.54 Å². The van der Waals surface area contributed by atoms with Crippen molar-refractivity contribution in [2.75, 3.05) is 5.32 Å². The van der Waals surface area contributed by atoms with Gasteiger partial charge in [0.2, 0.25) is 0 Å². The number of aromatic nitrogens is 2. The number of carbonyl (C=O) groups is 2. The van der Waals surface area contributed by atoms with Gasteiger partial charge in [-0.05, 0) is 30.7 Å².